The normalized spacial score (nSPS) is 13.8. The quantitative estimate of drug-likeness (QED) is 0.410. The Balaban J connectivity index is 1.49. The first-order chi connectivity index (χ1) is 17.0. The van der Waals surface area contributed by atoms with Gasteiger partial charge < -0.3 is 15.3 Å². The lowest BCUT2D eigenvalue weighted by molar-refractivity contribution is 0.103. The number of aromatic nitrogens is 4. The number of β-amino-alcohol motifs (C(OH)–C–C–N with tert-alkyl or cyclic N) is 1. The second-order valence-electron chi connectivity index (χ2n) is 7.75. The zero-order valence-corrected chi connectivity index (χ0v) is 20.9. The van der Waals surface area contributed by atoms with Gasteiger partial charge in [-0.3, -0.25) is 15.0 Å². The van der Waals surface area contributed by atoms with Gasteiger partial charge in [0.25, 0.3) is 5.91 Å². The second kappa shape index (κ2) is 11.4. The maximum atomic E-state index is 12.7. The molecule has 0 aliphatic carbocycles. The number of halogens is 1. The minimum absolute atomic E-state index is 0.141. The molecule has 0 unspecified atom stereocenters. The van der Waals surface area contributed by atoms with Crippen LogP contribution in [0.25, 0.3) is 0 Å². The highest BCUT2D eigenvalue weighted by Crippen LogP contribution is 2.28. The molecule has 1 aromatic carbocycles. The van der Waals surface area contributed by atoms with Crippen LogP contribution in [0, 0.1) is 18.8 Å². The number of aliphatic hydroxyl groups is 1. The zero-order chi connectivity index (χ0) is 24.8. The van der Waals surface area contributed by atoms with Crippen LogP contribution in [0.2, 0.25) is 5.02 Å². The van der Waals surface area contributed by atoms with E-state index < -0.39 is 0 Å². The maximum Gasteiger partial charge on any atom is 0.267 e. The van der Waals surface area contributed by atoms with Crippen LogP contribution in [0.3, 0.4) is 0 Å². The first-order valence-corrected chi connectivity index (χ1v) is 12.2. The van der Waals surface area contributed by atoms with E-state index in [-0.39, 0.29) is 12.5 Å². The number of aliphatic hydroxyl groups excluding tert-OH is 1. The van der Waals surface area contributed by atoms with Crippen LogP contribution in [-0.4, -0.2) is 75.2 Å². The van der Waals surface area contributed by atoms with Gasteiger partial charge in [0, 0.05) is 32.7 Å². The summed E-state index contributed by atoms with van der Waals surface area (Å²) in [5, 5.41) is 16.0. The van der Waals surface area contributed by atoms with E-state index in [0.717, 1.165) is 31.7 Å². The van der Waals surface area contributed by atoms with Crippen LogP contribution in [-0.2, 0) is 0 Å². The van der Waals surface area contributed by atoms with Crippen LogP contribution >= 0.6 is 22.9 Å². The summed E-state index contributed by atoms with van der Waals surface area (Å²) in [6.45, 7) is 7.46. The fourth-order valence-corrected chi connectivity index (χ4v) is 4.51. The molecule has 1 fully saturated rings. The van der Waals surface area contributed by atoms with E-state index in [1.807, 2.05) is 19.1 Å². The van der Waals surface area contributed by atoms with E-state index >= 15 is 0 Å². The molecule has 3 heterocycles. The smallest absolute Gasteiger partial charge is 0.267 e. The first kappa shape index (κ1) is 24.8. The molecular weight excluding hydrogens is 488 g/mol. The van der Waals surface area contributed by atoms with Gasteiger partial charge in [-0.15, -0.1) is 0 Å². The van der Waals surface area contributed by atoms with E-state index in [9.17, 15) is 4.79 Å². The number of aryl methyl sites for hydroxylation is 1. The number of rotatable bonds is 7. The van der Waals surface area contributed by atoms with Crippen LogP contribution < -0.4 is 15.5 Å². The van der Waals surface area contributed by atoms with Crippen LogP contribution in [0.5, 0.6) is 0 Å². The number of piperazine rings is 1. The number of benzene rings is 1. The average Bonchev–Trinajstić information content (AvgIpc) is 3.31. The Hall–Kier alpha value is -3.30. The van der Waals surface area contributed by atoms with Crippen molar-refractivity contribution in [1.29, 1.82) is 0 Å². The van der Waals surface area contributed by atoms with E-state index in [0.29, 0.717) is 45.0 Å². The summed E-state index contributed by atoms with van der Waals surface area (Å²) in [5.41, 5.74) is 1.44. The Morgan fingerprint density at radius 2 is 2.03 bits per heavy atom. The van der Waals surface area contributed by atoms with Gasteiger partial charge in [0.05, 0.1) is 23.5 Å². The molecule has 0 saturated carbocycles. The molecule has 1 amide bonds. The van der Waals surface area contributed by atoms with E-state index in [2.05, 4.69) is 52.2 Å². The van der Waals surface area contributed by atoms with Gasteiger partial charge in [-0.25, -0.2) is 4.98 Å². The predicted octanol–water partition coefficient (Wildman–Crippen LogP) is 2.77. The summed E-state index contributed by atoms with van der Waals surface area (Å²) in [4.78, 5) is 35.1. The molecule has 3 N–H and O–H groups in total. The molecule has 1 saturated heterocycles. The largest absolute Gasteiger partial charge is 0.395 e. The Morgan fingerprint density at radius 1 is 1.23 bits per heavy atom. The van der Waals surface area contributed by atoms with Gasteiger partial charge in [-0.2, -0.15) is 15.0 Å². The van der Waals surface area contributed by atoms with Gasteiger partial charge in [0.15, 0.2) is 5.13 Å². The van der Waals surface area contributed by atoms with Crippen molar-refractivity contribution in [3.8, 4) is 11.8 Å². The second-order valence-corrected chi connectivity index (χ2v) is 9.19. The Bertz CT molecular complexity index is 1240. The molecule has 1 aliphatic heterocycles. The van der Waals surface area contributed by atoms with Gasteiger partial charge in [-0.05, 0) is 31.4 Å². The lowest BCUT2D eigenvalue weighted by atomic mass is 10.2. The number of carbonyl (C=O) groups is 1. The molecule has 182 valence electrons. The SMILES string of the molecule is CC#Cc1nc(Nc2ncc(C(=O)Nc3c(C)cccc3Cl)s2)nc(N2CCN(CCO)CC2)n1. The lowest BCUT2D eigenvalue weighted by Gasteiger charge is -2.34. The number of hydrogen-bond acceptors (Lipinski definition) is 10. The number of para-hydroxylation sites is 1. The predicted molar refractivity (Wildman–Crippen MR) is 138 cm³/mol. The van der Waals surface area contributed by atoms with E-state index in [1.54, 1.807) is 13.0 Å². The average molecular weight is 513 g/mol. The van der Waals surface area contributed by atoms with Crippen molar-refractivity contribution in [3.63, 3.8) is 0 Å². The molecule has 2 aromatic heterocycles. The summed E-state index contributed by atoms with van der Waals surface area (Å²) in [6.07, 6.45) is 1.49. The fraction of sp³-hybridized carbons (Fsp3) is 0.348. The number of nitrogens with one attached hydrogen (secondary N) is 2. The molecule has 10 nitrogen and oxygen atoms in total. The van der Waals surface area contributed by atoms with Crippen LogP contribution in [0.1, 0.15) is 28.0 Å². The van der Waals surface area contributed by atoms with Crippen molar-refractivity contribution in [1.82, 2.24) is 24.8 Å². The first-order valence-electron chi connectivity index (χ1n) is 11.0. The molecule has 1 aliphatic rings. The maximum absolute atomic E-state index is 12.7. The molecule has 35 heavy (non-hydrogen) atoms. The highest BCUT2D eigenvalue weighted by molar-refractivity contribution is 7.17. The van der Waals surface area contributed by atoms with Crippen molar-refractivity contribution < 1.29 is 9.90 Å². The zero-order valence-electron chi connectivity index (χ0n) is 19.4. The molecule has 4 rings (SSSR count). The summed E-state index contributed by atoms with van der Waals surface area (Å²) < 4.78 is 0. The van der Waals surface area contributed by atoms with Crippen molar-refractivity contribution >= 4 is 51.6 Å². The molecule has 12 heteroatoms. The third-order valence-corrected chi connectivity index (χ3v) is 6.57. The Kier molecular flexibility index (Phi) is 8.09. The summed E-state index contributed by atoms with van der Waals surface area (Å²) in [7, 11) is 0. The Morgan fingerprint density at radius 3 is 2.74 bits per heavy atom. The minimum Gasteiger partial charge on any atom is -0.395 e. The summed E-state index contributed by atoms with van der Waals surface area (Å²) in [6, 6.07) is 5.44. The van der Waals surface area contributed by atoms with E-state index in [1.165, 1.54) is 17.5 Å². The monoisotopic (exact) mass is 512 g/mol. The number of anilines is 4. The van der Waals surface area contributed by atoms with Gasteiger partial charge in [0.1, 0.15) is 4.88 Å². The van der Waals surface area contributed by atoms with E-state index in [4.69, 9.17) is 16.7 Å². The number of thiazole rings is 1. The highest BCUT2D eigenvalue weighted by atomic mass is 35.5. The van der Waals surface area contributed by atoms with Gasteiger partial charge in [-0.1, -0.05) is 41.0 Å². The molecule has 3 aromatic rings. The standard InChI is InChI=1S/C23H25ClN8O2S/c1-3-5-18-26-21(29-22(27-18)32-10-8-31(9-11-32)12-13-33)30-23-25-14-17(35-23)20(34)28-19-15(2)6-4-7-16(19)24/h4,6-7,14,33H,8-13H2,1-2H3,(H,28,34)(H,25,26,27,29,30). The van der Waals surface area contributed by atoms with Crippen molar-refractivity contribution in [2.24, 2.45) is 0 Å². The number of carbonyl (C=O) groups excluding carboxylic acids is 1. The molecule has 0 radical (unpaired) electrons. The summed E-state index contributed by atoms with van der Waals surface area (Å²) in [5.74, 6) is 6.57. The molecular formula is C23H25ClN8O2S. The molecule has 0 atom stereocenters. The molecule has 0 spiro atoms. The third-order valence-electron chi connectivity index (χ3n) is 5.34. The number of hydrogen-bond donors (Lipinski definition) is 3. The van der Waals surface area contributed by atoms with Crippen molar-refractivity contribution in [2.75, 3.05) is 54.9 Å². The van der Waals surface area contributed by atoms with Crippen molar-refractivity contribution in [3.05, 3.63) is 45.7 Å². The van der Waals surface area contributed by atoms with Crippen molar-refractivity contribution in [2.45, 2.75) is 13.8 Å². The topological polar surface area (TPSA) is 119 Å². The lowest BCUT2D eigenvalue weighted by Crippen LogP contribution is -2.47. The number of amides is 1. The molecule has 0 bridgehead atoms. The fourth-order valence-electron chi connectivity index (χ4n) is 3.54. The Labute approximate surface area is 212 Å². The van der Waals surface area contributed by atoms with Crippen LogP contribution in [0.15, 0.2) is 24.4 Å². The minimum atomic E-state index is -0.304. The number of nitrogens with zero attached hydrogens (tertiary/aromatic N) is 6. The summed E-state index contributed by atoms with van der Waals surface area (Å²) >= 11 is 7.40. The van der Waals surface area contributed by atoms with Crippen LogP contribution in [0.4, 0.5) is 22.7 Å². The van der Waals surface area contributed by atoms with Gasteiger partial charge >= 0.3 is 0 Å². The highest BCUT2D eigenvalue weighted by Gasteiger charge is 2.21. The van der Waals surface area contributed by atoms with Gasteiger partial charge in [0.2, 0.25) is 17.7 Å². The third kappa shape index (κ3) is 6.23.